The lowest BCUT2D eigenvalue weighted by molar-refractivity contribution is -0.384. The van der Waals surface area contributed by atoms with Crippen LogP contribution in [0.3, 0.4) is 0 Å². The van der Waals surface area contributed by atoms with Gasteiger partial charge in [0.2, 0.25) is 0 Å². The van der Waals surface area contributed by atoms with E-state index in [1.165, 1.54) is 18.2 Å². The third-order valence-corrected chi connectivity index (χ3v) is 3.50. The number of rotatable bonds is 7. The first-order valence-electron chi connectivity index (χ1n) is 7.20. The van der Waals surface area contributed by atoms with E-state index in [4.69, 9.17) is 5.73 Å². The molecule has 9 heteroatoms. The van der Waals surface area contributed by atoms with Crippen LogP contribution in [0, 0.1) is 10.1 Å². The van der Waals surface area contributed by atoms with Crippen LogP contribution in [0.4, 0.5) is 5.69 Å². The van der Waals surface area contributed by atoms with E-state index in [9.17, 15) is 14.9 Å². The van der Waals surface area contributed by atoms with Crippen molar-refractivity contribution in [3.63, 3.8) is 0 Å². The minimum atomic E-state index is -0.502. The first-order chi connectivity index (χ1) is 10.6. The maximum atomic E-state index is 12.3. The van der Waals surface area contributed by atoms with Crippen molar-refractivity contribution in [2.24, 2.45) is 5.73 Å². The summed E-state index contributed by atoms with van der Waals surface area (Å²) in [6.07, 6.45) is 2.78. The van der Waals surface area contributed by atoms with Crippen LogP contribution in [-0.2, 0) is 0 Å². The topological polar surface area (TPSA) is 127 Å². The van der Waals surface area contributed by atoms with Crippen LogP contribution in [0.15, 0.2) is 18.2 Å². The summed E-state index contributed by atoms with van der Waals surface area (Å²) in [4.78, 5) is 22.7. The Morgan fingerprint density at radius 2 is 2.26 bits per heavy atom. The standard InChI is InChI=1S/C14H19N5O3.ClH/c1-2-3-4-9(8-15)16-14(20)13-11-7-10(19(21)22)5-6-12(11)17-18-13;/h5-7,9H,2-4,8,15H2,1H3,(H,16,20)(H,17,18);1H. The maximum absolute atomic E-state index is 12.3. The molecule has 0 aliphatic rings. The number of nitrogens with one attached hydrogen (secondary N) is 2. The summed E-state index contributed by atoms with van der Waals surface area (Å²) in [5.41, 5.74) is 6.30. The molecule has 0 bridgehead atoms. The number of carbonyl (C=O) groups excluding carboxylic acids is 1. The lowest BCUT2D eigenvalue weighted by Gasteiger charge is -2.15. The van der Waals surface area contributed by atoms with Gasteiger partial charge in [-0.1, -0.05) is 19.8 Å². The van der Waals surface area contributed by atoms with Gasteiger partial charge in [-0.05, 0) is 12.5 Å². The SMILES string of the molecule is CCCCC(CN)NC(=O)c1n[nH]c2ccc([N+](=O)[O-])cc12.Cl. The fourth-order valence-corrected chi connectivity index (χ4v) is 2.24. The van der Waals surface area contributed by atoms with E-state index < -0.39 is 4.92 Å². The molecular weight excluding hydrogens is 322 g/mol. The van der Waals surface area contributed by atoms with Gasteiger partial charge in [0.15, 0.2) is 5.69 Å². The molecule has 0 saturated carbocycles. The number of unbranched alkanes of at least 4 members (excludes halogenated alkanes) is 1. The van der Waals surface area contributed by atoms with Crippen LogP contribution in [0.1, 0.15) is 36.7 Å². The van der Waals surface area contributed by atoms with Crippen LogP contribution in [0.2, 0.25) is 0 Å². The highest BCUT2D eigenvalue weighted by atomic mass is 35.5. The van der Waals surface area contributed by atoms with Gasteiger partial charge in [0.1, 0.15) is 0 Å². The molecule has 1 unspecified atom stereocenters. The third-order valence-electron chi connectivity index (χ3n) is 3.50. The second-order valence-corrected chi connectivity index (χ2v) is 5.11. The number of hydrogen-bond acceptors (Lipinski definition) is 5. The summed E-state index contributed by atoms with van der Waals surface area (Å²) in [5.74, 6) is -0.377. The zero-order valence-corrected chi connectivity index (χ0v) is 13.6. The predicted molar refractivity (Wildman–Crippen MR) is 89.8 cm³/mol. The number of halogens is 1. The van der Waals surface area contributed by atoms with Gasteiger partial charge in [-0.2, -0.15) is 5.10 Å². The van der Waals surface area contributed by atoms with E-state index in [0.717, 1.165) is 19.3 Å². The number of fused-ring (bicyclic) bond motifs is 1. The largest absolute Gasteiger partial charge is 0.347 e. The van der Waals surface area contributed by atoms with E-state index in [0.29, 0.717) is 17.4 Å². The molecule has 0 spiro atoms. The first kappa shape index (κ1) is 18.9. The van der Waals surface area contributed by atoms with Crippen LogP contribution in [-0.4, -0.2) is 33.6 Å². The minimum Gasteiger partial charge on any atom is -0.347 e. The zero-order chi connectivity index (χ0) is 16.1. The van der Waals surface area contributed by atoms with E-state index >= 15 is 0 Å². The Labute approximate surface area is 139 Å². The van der Waals surface area contributed by atoms with Crippen LogP contribution >= 0.6 is 12.4 Å². The van der Waals surface area contributed by atoms with E-state index in [1.54, 1.807) is 0 Å². The average molecular weight is 342 g/mol. The number of nitro benzene ring substituents is 1. The molecule has 0 saturated heterocycles. The molecule has 1 atom stereocenters. The molecule has 8 nitrogen and oxygen atoms in total. The van der Waals surface area contributed by atoms with Crippen molar-refractivity contribution in [3.8, 4) is 0 Å². The van der Waals surface area contributed by atoms with Crippen molar-refractivity contribution in [1.82, 2.24) is 15.5 Å². The molecule has 23 heavy (non-hydrogen) atoms. The number of H-pyrrole nitrogens is 1. The molecule has 0 aliphatic heterocycles. The molecule has 0 fully saturated rings. The highest BCUT2D eigenvalue weighted by Crippen LogP contribution is 2.22. The lowest BCUT2D eigenvalue weighted by atomic mass is 10.1. The Morgan fingerprint density at radius 3 is 2.87 bits per heavy atom. The summed E-state index contributed by atoms with van der Waals surface area (Å²) >= 11 is 0. The number of aromatic nitrogens is 2. The number of nitrogens with two attached hydrogens (primary N) is 1. The van der Waals surface area contributed by atoms with Gasteiger partial charge in [-0.3, -0.25) is 20.0 Å². The summed E-state index contributed by atoms with van der Waals surface area (Å²) in [6.45, 7) is 2.41. The van der Waals surface area contributed by atoms with Crippen molar-refractivity contribution in [2.75, 3.05) is 6.54 Å². The number of hydrogen-bond donors (Lipinski definition) is 3. The third kappa shape index (κ3) is 4.40. The molecular formula is C14H20ClN5O3. The van der Waals surface area contributed by atoms with Gasteiger partial charge in [0, 0.05) is 30.1 Å². The number of carbonyl (C=O) groups is 1. The Morgan fingerprint density at radius 1 is 1.52 bits per heavy atom. The molecule has 1 amide bonds. The van der Waals surface area contributed by atoms with Gasteiger partial charge in [-0.25, -0.2) is 0 Å². The van der Waals surface area contributed by atoms with E-state index in [1.807, 2.05) is 0 Å². The maximum Gasteiger partial charge on any atom is 0.272 e. The first-order valence-corrected chi connectivity index (χ1v) is 7.20. The molecule has 2 aromatic rings. The van der Waals surface area contributed by atoms with Gasteiger partial charge < -0.3 is 11.1 Å². The van der Waals surface area contributed by atoms with Crippen LogP contribution in [0.5, 0.6) is 0 Å². The molecule has 0 aliphatic carbocycles. The smallest absolute Gasteiger partial charge is 0.272 e. The van der Waals surface area contributed by atoms with E-state index in [-0.39, 0.29) is 35.7 Å². The van der Waals surface area contributed by atoms with Crippen LogP contribution in [0.25, 0.3) is 10.9 Å². The molecule has 126 valence electrons. The highest BCUT2D eigenvalue weighted by Gasteiger charge is 2.19. The molecule has 4 N–H and O–H groups in total. The Kier molecular flexibility index (Phi) is 6.92. The predicted octanol–water partition coefficient (Wildman–Crippen LogP) is 2.14. The molecule has 2 rings (SSSR count). The second-order valence-electron chi connectivity index (χ2n) is 5.11. The molecule has 0 radical (unpaired) electrons. The number of benzene rings is 1. The summed E-state index contributed by atoms with van der Waals surface area (Å²) in [7, 11) is 0. The Bertz CT molecular complexity index is 688. The monoisotopic (exact) mass is 341 g/mol. The lowest BCUT2D eigenvalue weighted by Crippen LogP contribution is -2.40. The van der Waals surface area contributed by atoms with Gasteiger partial charge in [0.25, 0.3) is 11.6 Å². The van der Waals surface area contributed by atoms with Crippen LogP contribution < -0.4 is 11.1 Å². The normalized spacial score (nSPS) is 11.7. The summed E-state index contributed by atoms with van der Waals surface area (Å²) in [6, 6.07) is 4.12. The highest BCUT2D eigenvalue weighted by molar-refractivity contribution is 6.05. The number of non-ortho nitro benzene ring substituents is 1. The van der Waals surface area contributed by atoms with E-state index in [2.05, 4.69) is 22.4 Å². The summed E-state index contributed by atoms with van der Waals surface area (Å²) < 4.78 is 0. The van der Waals surface area contributed by atoms with Gasteiger partial charge in [0.05, 0.1) is 10.4 Å². The molecule has 1 aromatic heterocycles. The number of nitro groups is 1. The second kappa shape index (κ2) is 8.44. The van der Waals surface area contributed by atoms with Crippen molar-refractivity contribution < 1.29 is 9.72 Å². The van der Waals surface area contributed by atoms with Crippen molar-refractivity contribution in [3.05, 3.63) is 34.0 Å². The average Bonchev–Trinajstić information content (AvgIpc) is 2.94. The fourth-order valence-electron chi connectivity index (χ4n) is 2.24. The summed E-state index contributed by atoms with van der Waals surface area (Å²) in [5, 5.41) is 20.8. The Hall–Kier alpha value is -2.19. The quantitative estimate of drug-likeness (QED) is 0.525. The van der Waals surface area contributed by atoms with Crippen molar-refractivity contribution >= 4 is 34.9 Å². The number of nitrogens with zero attached hydrogens (tertiary/aromatic N) is 2. The zero-order valence-electron chi connectivity index (χ0n) is 12.7. The van der Waals surface area contributed by atoms with Crippen molar-refractivity contribution in [1.29, 1.82) is 0 Å². The number of amides is 1. The minimum absolute atomic E-state index is 0. The van der Waals surface area contributed by atoms with Gasteiger partial charge in [-0.15, -0.1) is 12.4 Å². The molecule has 1 aromatic carbocycles. The van der Waals surface area contributed by atoms with Gasteiger partial charge >= 0.3 is 0 Å². The Balaban J connectivity index is 0.00000264. The van der Waals surface area contributed by atoms with Crippen molar-refractivity contribution in [2.45, 2.75) is 32.2 Å². The molecule has 1 heterocycles. The fraction of sp³-hybridized carbons (Fsp3) is 0.429. The number of aromatic amines is 1.